The summed E-state index contributed by atoms with van der Waals surface area (Å²) in [6.45, 7) is 3.82. The lowest BCUT2D eigenvalue weighted by Crippen LogP contribution is -2.38. The number of nitrogens with one attached hydrogen (secondary N) is 2. The molecule has 2 unspecified atom stereocenters. The first-order valence-corrected chi connectivity index (χ1v) is 9.29. The van der Waals surface area contributed by atoms with Gasteiger partial charge in [-0.15, -0.1) is 4.47 Å². The summed E-state index contributed by atoms with van der Waals surface area (Å²) in [6, 6.07) is 2.85. The van der Waals surface area contributed by atoms with E-state index in [1.54, 1.807) is 0 Å². The molecule has 0 heterocycles. The fourth-order valence-corrected chi connectivity index (χ4v) is 3.39. The van der Waals surface area contributed by atoms with Gasteiger partial charge in [0.15, 0.2) is 16.7 Å². The van der Waals surface area contributed by atoms with Gasteiger partial charge < -0.3 is 15.7 Å². The van der Waals surface area contributed by atoms with Gasteiger partial charge in [0.1, 0.15) is 16.3 Å². The minimum atomic E-state index is -1.89. The van der Waals surface area contributed by atoms with Crippen LogP contribution in [0.2, 0.25) is 5.02 Å². The van der Waals surface area contributed by atoms with E-state index in [-0.39, 0.29) is 33.0 Å². The topological polar surface area (TPSA) is 108 Å². The third-order valence-corrected chi connectivity index (χ3v) is 5.73. The number of halogens is 1. The summed E-state index contributed by atoms with van der Waals surface area (Å²) in [5, 5.41) is 16.2. The summed E-state index contributed by atoms with van der Waals surface area (Å²) in [5.74, 6) is -0.401. The molecule has 3 N–H and O–H groups in total. The van der Waals surface area contributed by atoms with E-state index in [1.165, 1.54) is 26.3 Å². The first-order chi connectivity index (χ1) is 12.2. The standard InChI is InChI=1S/C16H20ClN3O5S/c1-5-8(2)18-11-12(15(23)14(11)22)19-10-7-6-9(17)16(13(10)21)26(24)20(3)25-4/h6-8,18-19,21H,5H2,1-4H3. The van der Waals surface area contributed by atoms with Crippen molar-refractivity contribution in [1.82, 2.24) is 4.47 Å². The highest BCUT2D eigenvalue weighted by molar-refractivity contribution is 7.82. The number of phenolic OH excluding ortho intramolecular Hbond substituents is 1. The molecule has 0 saturated heterocycles. The second-order valence-corrected chi connectivity index (χ2v) is 7.46. The molecular formula is C16H20ClN3O5S. The number of rotatable bonds is 8. The van der Waals surface area contributed by atoms with Gasteiger partial charge in [-0.1, -0.05) is 18.5 Å². The molecule has 2 aromatic carbocycles. The van der Waals surface area contributed by atoms with Crippen molar-refractivity contribution in [2.45, 2.75) is 31.2 Å². The molecule has 2 rings (SSSR count). The fraction of sp³-hybridized carbons (Fsp3) is 0.375. The minimum Gasteiger partial charge on any atom is -0.504 e. The van der Waals surface area contributed by atoms with Gasteiger partial charge >= 0.3 is 0 Å². The zero-order valence-electron chi connectivity index (χ0n) is 14.8. The Morgan fingerprint density at radius 1 is 1.31 bits per heavy atom. The molecule has 0 saturated carbocycles. The predicted octanol–water partition coefficient (Wildman–Crippen LogP) is 2.11. The Labute approximate surface area is 158 Å². The Kier molecular flexibility index (Phi) is 6.40. The van der Waals surface area contributed by atoms with Crippen LogP contribution >= 0.6 is 11.6 Å². The van der Waals surface area contributed by atoms with Crippen molar-refractivity contribution in [3.8, 4) is 5.75 Å². The van der Waals surface area contributed by atoms with Crippen LogP contribution in [0.4, 0.5) is 17.1 Å². The summed E-state index contributed by atoms with van der Waals surface area (Å²) in [5.41, 5.74) is -1.01. The molecular weight excluding hydrogens is 382 g/mol. The van der Waals surface area contributed by atoms with Crippen LogP contribution in [-0.2, 0) is 15.8 Å². The van der Waals surface area contributed by atoms with E-state index in [0.717, 1.165) is 10.9 Å². The molecule has 2 atom stereocenters. The summed E-state index contributed by atoms with van der Waals surface area (Å²) in [7, 11) is 0.844. The highest BCUT2D eigenvalue weighted by Crippen LogP contribution is 2.38. The second-order valence-electron chi connectivity index (χ2n) is 5.63. The fourth-order valence-electron chi connectivity index (χ4n) is 2.14. The Balaban J connectivity index is 2.41. The number of aromatic hydroxyl groups is 1. The van der Waals surface area contributed by atoms with Crippen LogP contribution < -0.4 is 21.5 Å². The Morgan fingerprint density at radius 2 is 1.92 bits per heavy atom. The van der Waals surface area contributed by atoms with E-state index < -0.39 is 27.6 Å². The molecule has 0 aromatic heterocycles. The van der Waals surface area contributed by atoms with Gasteiger partial charge in [-0.3, -0.25) is 14.4 Å². The van der Waals surface area contributed by atoms with Gasteiger partial charge in [0.25, 0.3) is 10.9 Å². The molecule has 2 aromatic rings. The first-order valence-electron chi connectivity index (χ1n) is 7.80. The van der Waals surface area contributed by atoms with E-state index in [4.69, 9.17) is 16.4 Å². The summed E-state index contributed by atoms with van der Waals surface area (Å²) < 4.78 is 13.4. The van der Waals surface area contributed by atoms with Crippen LogP contribution in [0.25, 0.3) is 0 Å². The van der Waals surface area contributed by atoms with Crippen LogP contribution in [0.3, 0.4) is 0 Å². The Hall–Kier alpha value is -1.94. The first kappa shape index (κ1) is 20.4. The molecule has 0 radical (unpaired) electrons. The van der Waals surface area contributed by atoms with Gasteiger partial charge in [0, 0.05) is 13.1 Å². The smallest absolute Gasteiger partial charge is 0.253 e. The summed E-state index contributed by atoms with van der Waals surface area (Å²) in [4.78, 5) is 28.5. The van der Waals surface area contributed by atoms with Crippen molar-refractivity contribution in [2.75, 3.05) is 24.8 Å². The molecule has 10 heteroatoms. The van der Waals surface area contributed by atoms with Crippen molar-refractivity contribution in [1.29, 1.82) is 0 Å². The molecule has 0 aliphatic heterocycles. The molecule has 0 aliphatic carbocycles. The highest BCUT2D eigenvalue weighted by Gasteiger charge is 2.25. The van der Waals surface area contributed by atoms with E-state index >= 15 is 0 Å². The normalized spacial score (nSPS) is 13.8. The average Bonchev–Trinajstić information content (AvgIpc) is 2.64. The Bertz CT molecular complexity index is 910. The van der Waals surface area contributed by atoms with Crippen LogP contribution in [0, 0.1) is 0 Å². The average molecular weight is 402 g/mol. The Morgan fingerprint density at radius 3 is 2.50 bits per heavy atom. The van der Waals surface area contributed by atoms with Crippen molar-refractivity contribution < 1.29 is 14.2 Å². The molecule has 0 aliphatic rings. The van der Waals surface area contributed by atoms with Crippen molar-refractivity contribution in [2.24, 2.45) is 0 Å². The largest absolute Gasteiger partial charge is 0.504 e. The zero-order valence-corrected chi connectivity index (χ0v) is 16.3. The minimum absolute atomic E-state index is 0.00363. The van der Waals surface area contributed by atoms with Gasteiger partial charge in [0.2, 0.25) is 0 Å². The maximum Gasteiger partial charge on any atom is 0.253 e. The number of benzene rings is 1. The lowest BCUT2D eigenvalue weighted by molar-refractivity contribution is -0.0205. The highest BCUT2D eigenvalue weighted by atomic mass is 35.5. The number of phenols is 1. The third kappa shape index (κ3) is 3.75. The van der Waals surface area contributed by atoms with E-state index in [2.05, 4.69) is 10.6 Å². The molecule has 0 bridgehead atoms. The van der Waals surface area contributed by atoms with Crippen LogP contribution in [0.5, 0.6) is 5.75 Å². The van der Waals surface area contributed by atoms with Gasteiger partial charge in [-0.2, -0.15) is 0 Å². The van der Waals surface area contributed by atoms with E-state index in [0.29, 0.717) is 0 Å². The van der Waals surface area contributed by atoms with Crippen LogP contribution in [0.15, 0.2) is 26.6 Å². The number of hydrogen-bond donors (Lipinski definition) is 3. The third-order valence-electron chi connectivity index (χ3n) is 3.92. The number of anilines is 3. The molecule has 0 fully saturated rings. The maximum atomic E-state index is 12.4. The van der Waals surface area contributed by atoms with E-state index in [9.17, 15) is 18.9 Å². The maximum absolute atomic E-state index is 12.4. The van der Waals surface area contributed by atoms with Gasteiger partial charge in [-0.05, 0) is 25.5 Å². The number of hydrogen-bond acceptors (Lipinski definition) is 7. The second kappa shape index (κ2) is 8.17. The number of nitrogens with zero attached hydrogens (tertiary/aromatic N) is 1. The summed E-state index contributed by atoms with van der Waals surface area (Å²) in [6.07, 6.45) is 0.761. The zero-order chi connectivity index (χ0) is 19.6. The molecule has 8 nitrogen and oxygen atoms in total. The van der Waals surface area contributed by atoms with Crippen molar-refractivity contribution in [3.05, 3.63) is 37.6 Å². The SMILES string of the molecule is CCC(C)Nc1c(Nc2ccc(Cl)c(S(=O)N(C)OC)c2O)c(=O)c1=O. The van der Waals surface area contributed by atoms with E-state index in [1.807, 2.05) is 13.8 Å². The molecule has 26 heavy (non-hydrogen) atoms. The van der Waals surface area contributed by atoms with Gasteiger partial charge in [-0.25, -0.2) is 4.21 Å². The van der Waals surface area contributed by atoms with Crippen LogP contribution in [0.1, 0.15) is 20.3 Å². The monoisotopic (exact) mass is 401 g/mol. The molecule has 0 amide bonds. The summed E-state index contributed by atoms with van der Waals surface area (Å²) >= 11 is 6.04. The lowest BCUT2D eigenvalue weighted by atomic mass is 10.1. The lowest BCUT2D eigenvalue weighted by Gasteiger charge is -2.20. The predicted molar refractivity (Wildman–Crippen MR) is 102 cm³/mol. The number of hydroxylamine groups is 1. The van der Waals surface area contributed by atoms with Gasteiger partial charge in [0.05, 0.1) is 17.8 Å². The molecule has 0 spiro atoms. The quantitative estimate of drug-likeness (QED) is 0.353. The van der Waals surface area contributed by atoms with Crippen molar-refractivity contribution in [3.63, 3.8) is 0 Å². The van der Waals surface area contributed by atoms with Crippen molar-refractivity contribution >= 4 is 39.6 Å². The molecule has 142 valence electrons. The van der Waals surface area contributed by atoms with Crippen LogP contribution in [-0.4, -0.2) is 34.0 Å².